The third-order valence-electron chi connectivity index (χ3n) is 6.23. The van der Waals surface area contributed by atoms with Crippen molar-refractivity contribution in [1.29, 1.82) is 0 Å². The van der Waals surface area contributed by atoms with Crippen molar-refractivity contribution in [2.45, 2.75) is 45.2 Å². The highest BCUT2D eigenvalue weighted by Crippen LogP contribution is 2.29. The number of benzene rings is 3. The molecule has 0 aliphatic rings. The molecule has 3 aromatic rings. The summed E-state index contributed by atoms with van der Waals surface area (Å²) < 4.78 is 28.7. The first kappa shape index (κ1) is 31.7. The van der Waals surface area contributed by atoms with E-state index in [1.807, 2.05) is 20.8 Å². The van der Waals surface area contributed by atoms with Gasteiger partial charge in [0.1, 0.15) is 12.6 Å². The Labute approximate surface area is 251 Å². The molecule has 1 N–H and O–H groups in total. The molecule has 0 aliphatic heterocycles. The van der Waals surface area contributed by atoms with Gasteiger partial charge in [0.05, 0.1) is 10.6 Å². The lowest BCUT2D eigenvalue weighted by Crippen LogP contribution is -2.51. The Kier molecular flexibility index (Phi) is 10.9. The van der Waals surface area contributed by atoms with Crippen LogP contribution in [0.5, 0.6) is 0 Å². The van der Waals surface area contributed by atoms with E-state index >= 15 is 0 Å². The molecular formula is C29H32Cl3N3O4S. The van der Waals surface area contributed by atoms with Crippen LogP contribution in [0.25, 0.3) is 0 Å². The summed E-state index contributed by atoms with van der Waals surface area (Å²) in [4.78, 5) is 28.4. The lowest BCUT2D eigenvalue weighted by molar-refractivity contribution is -0.139. The number of nitrogens with one attached hydrogen (secondary N) is 1. The molecule has 3 rings (SSSR count). The van der Waals surface area contributed by atoms with Gasteiger partial charge in [-0.25, -0.2) is 8.42 Å². The summed E-state index contributed by atoms with van der Waals surface area (Å²) in [6, 6.07) is 16.5. The molecule has 0 saturated carbocycles. The number of aryl methyl sites for hydroxylation is 1. The number of hydrogen-bond acceptors (Lipinski definition) is 4. The Hall–Kier alpha value is -2.78. The molecular weight excluding hydrogens is 593 g/mol. The van der Waals surface area contributed by atoms with Gasteiger partial charge in [0.15, 0.2) is 0 Å². The predicted octanol–water partition coefficient (Wildman–Crippen LogP) is 6.34. The molecule has 11 heteroatoms. The monoisotopic (exact) mass is 623 g/mol. The zero-order valence-electron chi connectivity index (χ0n) is 22.7. The zero-order chi connectivity index (χ0) is 29.6. The average molecular weight is 625 g/mol. The van der Waals surface area contributed by atoms with E-state index in [-0.39, 0.29) is 29.0 Å². The molecule has 0 saturated heterocycles. The Morgan fingerprint density at radius 2 is 1.50 bits per heavy atom. The standard InChI is InChI=1S/C29H32Cl3N3O4S/c1-19(2)16-33-29(37)21(4)34(17-25-26(31)9-6-10-27(25)32)28(36)18-35(23-8-5-7-22(30)15-23)40(38,39)24-13-11-20(3)12-14-24/h5-15,19,21H,16-18H2,1-4H3,(H,33,37)/t21-/m0/s1. The molecule has 40 heavy (non-hydrogen) atoms. The maximum absolute atomic E-state index is 14.0. The summed E-state index contributed by atoms with van der Waals surface area (Å²) in [6.07, 6.45) is 0. The number of anilines is 1. The molecule has 0 aliphatic carbocycles. The number of hydrogen-bond donors (Lipinski definition) is 1. The van der Waals surface area contributed by atoms with Crippen molar-refractivity contribution >= 4 is 62.3 Å². The summed E-state index contributed by atoms with van der Waals surface area (Å²) in [5.41, 5.74) is 1.53. The van der Waals surface area contributed by atoms with Crippen LogP contribution in [0.2, 0.25) is 15.1 Å². The summed E-state index contributed by atoms with van der Waals surface area (Å²) >= 11 is 19.0. The lowest BCUT2D eigenvalue weighted by Gasteiger charge is -2.32. The third-order valence-corrected chi connectivity index (χ3v) is 8.96. The molecule has 0 bridgehead atoms. The van der Waals surface area contributed by atoms with E-state index in [4.69, 9.17) is 34.8 Å². The minimum absolute atomic E-state index is 0.00861. The SMILES string of the molecule is Cc1ccc(S(=O)(=O)N(CC(=O)N(Cc2c(Cl)cccc2Cl)[C@@H](C)C(=O)NCC(C)C)c2cccc(Cl)c2)cc1. The lowest BCUT2D eigenvalue weighted by atomic mass is 10.1. The number of carbonyl (C=O) groups is 2. The van der Waals surface area contributed by atoms with Gasteiger partial charge in [-0.15, -0.1) is 0 Å². The minimum Gasteiger partial charge on any atom is -0.354 e. The van der Waals surface area contributed by atoms with Gasteiger partial charge in [0, 0.05) is 33.7 Å². The number of nitrogens with zero attached hydrogens (tertiary/aromatic N) is 2. The number of amides is 2. The molecule has 0 heterocycles. The number of sulfonamides is 1. The van der Waals surface area contributed by atoms with Crippen molar-refractivity contribution in [1.82, 2.24) is 10.2 Å². The second-order valence-corrected chi connectivity index (χ2v) is 13.0. The van der Waals surface area contributed by atoms with Crippen LogP contribution in [0.15, 0.2) is 71.6 Å². The van der Waals surface area contributed by atoms with E-state index < -0.39 is 28.5 Å². The summed E-state index contributed by atoms with van der Waals surface area (Å²) in [6.45, 7) is 7.04. The first-order chi connectivity index (χ1) is 18.8. The largest absolute Gasteiger partial charge is 0.354 e. The quantitative estimate of drug-likeness (QED) is 0.270. The van der Waals surface area contributed by atoms with Gasteiger partial charge in [-0.1, -0.05) is 78.5 Å². The van der Waals surface area contributed by atoms with Crippen molar-refractivity contribution in [3.8, 4) is 0 Å². The highest BCUT2D eigenvalue weighted by atomic mass is 35.5. The molecule has 214 valence electrons. The molecule has 1 atom stereocenters. The van der Waals surface area contributed by atoms with E-state index in [2.05, 4.69) is 5.32 Å². The molecule has 3 aromatic carbocycles. The number of rotatable bonds is 11. The van der Waals surface area contributed by atoms with Crippen LogP contribution in [-0.4, -0.2) is 44.3 Å². The second kappa shape index (κ2) is 13.7. The van der Waals surface area contributed by atoms with Crippen LogP contribution in [0.3, 0.4) is 0 Å². The van der Waals surface area contributed by atoms with Crippen molar-refractivity contribution in [3.05, 3.63) is 92.9 Å². The van der Waals surface area contributed by atoms with Crippen LogP contribution in [-0.2, 0) is 26.2 Å². The van der Waals surface area contributed by atoms with Gasteiger partial charge in [0.2, 0.25) is 11.8 Å². The van der Waals surface area contributed by atoms with Crippen LogP contribution in [0.4, 0.5) is 5.69 Å². The zero-order valence-corrected chi connectivity index (χ0v) is 25.8. The molecule has 7 nitrogen and oxygen atoms in total. The molecule has 0 radical (unpaired) electrons. The first-order valence-corrected chi connectivity index (χ1v) is 15.2. The van der Waals surface area contributed by atoms with Gasteiger partial charge in [-0.05, 0) is 62.2 Å². The van der Waals surface area contributed by atoms with Crippen molar-refractivity contribution in [2.75, 3.05) is 17.4 Å². The van der Waals surface area contributed by atoms with Crippen LogP contribution in [0.1, 0.15) is 31.9 Å². The van der Waals surface area contributed by atoms with E-state index in [0.29, 0.717) is 27.2 Å². The molecule has 2 amide bonds. The summed E-state index contributed by atoms with van der Waals surface area (Å²) in [7, 11) is -4.20. The topological polar surface area (TPSA) is 86.8 Å². The Bertz CT molecular complexity index is 1440. The fourth-order valence-corrected chi connectivity index (χ4v) is 5.99. The van der Waals surface area contributed by atoms with Crippen LogP contribution < -0.4 is 9.62 Å². The van der Waals surface area contributed by atoms with Gasteiger partial charge < -0.3 is 10.2 Å². The van der Waals surface area contributed by atoms with Gasteiger partial charge in [-0.3, -0.25) is 13.9 Å². The van der Waals surface area contributed by atoms with E-state index in [1.165, 1.54) is 23.1 Å². The Morgan fingerprint density at radius 1 is 0.900 bits per heavy atom. The normalized spacial score (nSPS) is 12.2. The van der Waals surface area contributed by atoms with Gasteiger partial charge in [0.25, 0.3) is 10.0 Å². The predicted molar refractivity (Wildman–Crippen MR) is 161 cm³/mol. The highest BCUT2D eigenvalue weighted by molar-refractivity contribution is 7.92. The molecule has 0 aromatic heterocycles. The molecule has 0 fully saturated rings. The van der Waals surface area contributed by atoms with Crippen LogP contribution in [0, 0.1) is 12.8 Å². The van der Waals surface area contributed by atoms with Crippen molar-refractivity contribution < 1.29 is 18.0 Å². The summed E-state index contributed by atoms with van der Waals surface area (Å²) in [5, 5.41) is 3.78. The molecule has 0 spiro atoms. The smallest absolute Gasteiger partial charge is 0.264 e. The third kappa shape index (κ3) is 7.91. The maximum atomic E-state index is 14.0. The highest BCUT2D eigenvalue weighted by Gasteiger charge is 2.33. The number of halogens is 3. The first-order valence-electron chi connectivity index (χ1n) is 12.7. The summed E-state index contributed by atoms with van der Waals surface area (Å²) in [5.74, 6) is -0.823. The van der Waals surface area contributed by atoms with E-state index in [0.717, 1.165) is 9.87 Å². The second-order valence-electron chi connectivity index (χ2n) is 9.84. The fourth-order valence-electron chi connectivity index (χ4n) is 3.89. The Balaban J connectivity index is 2.05. The molecule has 0 unspecified atom stereocenters. The fraction of sp³-hybridized carbons (Fsp3) is 0.310. The van der Waals surface area contributed by atoms with Gasteiger partial charge in [-0.2, -0.15) is 0 Å². The average Bonchev–Trinajstić information content (AvgIpc) is 2.89. The van der Waals surface area contributed by atoms with Gasteiger partial charge >= 0.3 is 0 Å². The number of carbonyl (C=O) groups excluding carboxylic acids is 2. The van der Waals surface area contributed by atoms with Crippen molar-refractivity contribution in [2.24, 2.45) is 5.92 Å². The minimum atomic E-state index is -4.20. The van der Waals surface area contributed by atoms with E-state index in [9.17, 15) is 18.0 Å². The van der Waals surface area contributed by atoms with Crippen LogP contribution >= 0.6 is 34.8 Å². The van der Waals surface area contributed by atoms with E-state index in [1.54, 1.807) is 55.5 Å². The maximum Gasteiger partial charge on any atom is 0.264 e. The Morgan fingerprint density at radius 3 is 2.08 bits per heavy atom. The van der Waals surface area contributed by atoms with Crippen molar-refractivity contribution in [3.63, 3.8) is 0 Å².